The van der Waals surface area contributed by atoms with Crippen molar-refractivity contribution in [3.63, 3.8) is 0 Å². The first-order chi connectivity index (χ1) is 6.33. The van der Waals surface area contributed by atoms with Crippen molar-refractivity contribution in [2.45, 2.75) is 25.7 Å². The van der Waals surface area contributed by atoms with Crippen LogP contribution in [0, 0.1) is 0 Å². The van der Waals surface area contributed by atoms with Gasteiger partial charge in [0.2, 0.25) is 0 Å². The van der Waals surface area contributed by atoms with Gasteiger partial charge in [-0.15, -0.1) is 0 Å². The number of rotatable bonds is 2. The molecular weight excluding hydrogens is 482 g/mol. The minimum absolute atomic E-state index is 0. The third kappa shape index (κ3) is 3.37. The third-order valence-corrected chi connectivity index (χ3v) is 4.41. The van der Waals surface area contributed by atoms with Crippen LogP contribution in [0.5, 0.6) is 0 Å². The van der Waals surface area contributed by atoms with E-state index in [4.69, 9.17) is 0 Å². The van der Waals surface area contributed by atoms with Gasteiger partial charge >= 0.3 is 94.9 Å². The van der Waals surface area contributed by atoms with Crippen LogP contribution in [0.25, 0.3) is 6.08 Å². The van der Waals surface area contributed by atoms with Gasteiger partial charge in [0.05, 0.1) is 0 Å². The summed E-state index contributed by atoms with van der Waals surface area (Å²) in [4.78, 5) is 0. The molecule has 0 N–H and O–H groups in total. The van der Waals surface area contributed by atoms with E-state index < -0.39 is 0 Å². The normalized spacial score (nSPS) is 17.3. The maximum absolute atomic E-state index is 2.39. The van der Waals surface area contributed by atoms with Gasteiger partial charge in [-0.2, -0.15) is 0 Å². The maximum Gasteiger partial charge on any atom is -1.00 e. The number of halogens is 2. The molecule has 1 unspecified atom stereocenters. The zero-order valence-corrected chi connectivity index (χ0v) is 15.4. The monoisotopic (exact) mass is 495 g/mol. The Morgan fingerprint density at radius 3 is 2.53 bits per heavy atom. The van der Waals surface area contributed by atoms with Gasteiger partial charge in [0.25, 0.3) is 0 Å². The van der Waals surface area contributed by atoms with Crippen LogP contribution in [-0.2, 0) is 24.4 Å². The van der Waals surface area contributed by atoms with Gasteiger partial charge in [-0.05, 0) is 0 Å². The summed E-state index contributed by atoms with van der Waals surface area (Å²) < 4.78 is 1.67. The van der Waals surface area contributed by atoms with Crippen molar-refractivity contribution < 1.29 is 58.3 Å². The van der Waals surface area contributed by atoms with Gasteiger partial charge in [0.1, 0.15) is 0 Å². The Kier molecular flexibility index (Phi) is 7.56. The van der Waals surface area contributed by atoms with Crippen molar-refractivity contribution in [2.24, 2.45) is 0 Å². The Hall–Kier alpha value is 0.790. The van der Waals surface area contributed by atoms with Crippen LogP contribution in [0.4, 0.5) is 0 Å². The summed E-state index contributed by atoms with van der Waals surface area (Å²) in [6.45, 7) is 2.27. The molecule has 0 aliphatic heterocycles. The van der Waals surface area contributed by atoms with Crippen LogP contribution in [0.2, 0.25) is 0 Å². The molecule has 0 amide bonds. The second-order valence-corrected chi connectivity index (χ2v) is 5.64. The molecule has 0 saturated carbocycles. The van der Waals surface area contributed by atoms with Crippen LogP contribution in [0.1, 0.15) is 36.8 Å². The van der Waals surface area contributed by atoms with Gasteiger partial charge in [-0.3, -0.25) is 0 Å². The quantitative estimate of drug-likeness (QED) is 0.398. The van der Waals surface area contributed by atoms with Crippen LogP contribution in [0.3, 0.4) is 0 Å². The molecule has 1 atom stereocenters. The fourth-order valence-electron chi connectivity index (χ4n) is 2.00. The van der Waals surface area contributed by atoms with E-state index in [1.165, 1.54) is 42.8 Å². The van der Waals surface area contributed by atoms with Crippen LogP contribution < -0.4 is 34.0 Å². The molecule has 2 rings (SSSR count). The summed E-state index contributed by atoms with van der Waals surface area (Å²) in [5.74, 6) is 0.757. The van der Waals surface area contributed by atoms with Crippen LogP contribution >= 0.6 is 0 Å². The third-order valence-electron chi connectivity index (χ3n) is 2.64. The Bertz CT molecular complexity index is 347. The molecule has 15 heavy (non-hydrogen) atoms. The smallest absolute Gasteiger partial charge is 1.00 e. The summed E-state index contributed by atoms with van der Waals surface area (Å²) in [5.41, 5.74) is 3.03. The first kappa shape index (κ1) is 15.8. The zero-order chi connectivity index (χ0) is 9.26. The molecular formula is C12H13Br2Hf. The van der Waals surface area contributed by atoms with E-state index in [-0.39, 0.29) is 34.0 Å². The van der Waals surface area contributed by atoms with Crippen LogP contribution in [-0.4, -0.2) is 0 Å². The molecule has 1 aliphatic carbocycles. The molecule has 0 heterocycles. The molecule has 0 fully saturated rings. The van der Waals surface area contributed by atoms with E-state index in [1.54, 1.807) is 8.89 Å². The predicted octanol–water partition coefficient (Wildman–Crippen LogP) is -2.52. The summed E-state index contributed by atoms with van der Waals surface area (Å²) in [5, 5.41) is 0. The Morgan fingerprint density at radius 1 is 1.20 bits per heavy atom. The molecule has 3 heteroatoms. The van der Waals surface area contributed by atoms with Gasteiger partial charge in [0.15, 0.2) is 0 Å². The van der Waals surface area contributed by atoms with Crippen molar-refractivity contribution in [1.82, 2.24) is 0 Å². The van der Waals surface area contributed by atoms with Gasteiger partial charge in [-0.1, -0.05) is 0 Å². The molecule has 0 spiro atoms. The van der Waals surface area contributed by atoms with Crippen molar-refractivity contribution in [2.75, 3.05) is 0 Å². The molecule has 0 saturated heterocycles. The first-order valence-electron chi connectivity index (χ1n) is 4.85. The summed E-state index contributed by atoms with van der Waals surface area (Å²) in [7, 11) is 0. The zero-order valence-electron chi connectivity index (χ0n) is 8.63. The van der Waals surface area contributed by atoms with Gasteiger partial charge < -0.3 is 34.0 Å². The van der Waals surface area contributed by atoms with E-state index >= 15 is 0 Å². The van der Waals surface area contributed by atoms with Gasteiger partial charge in [-0.25, -0.2) is 0 Å². The second kappa shape index (κ2) is 7.18. The molecule has 0 bridgehead atoms. The predicted molar refractivity (Wildman–Crippen MR) is 52.1 cm³/mol. The fourth-order valence-corrected chi connectivity index (χ4v) is 3.63. The van der Waals surface area contributed by atoms with Crippen molar-refractivity contribution >= 4 is 6.08 Å². The van der Waals surface area contributed by atoms with Crippen molar-refractivity contribution in [3.05, 3.63) is 38.7 Å². The largest absolute Gasteiger partial charge is 1.00 e. The van der Waals surface area contributed by atoms with Crippen LogP contribution in [0.15, 0.2) is 27.6 Å². The molecule has 0 aromatic heterocycles. The summed E-state index contributed by atoms with van der Waals surface area (Å²) in [6.07, 6.45) is 5.01. The molecule has 1 aromatic carbocycles. The molecule has 79 valence electrons. The minimum atomic E-state index is 0. The van der Waals surface area contributed by atoms with E-state index in [0.717, 1.165) is 5.92 Å². The number of benzene rings is 1. The number of hydrogen-bond donors (Lipinski definition) is 0. The first-order valence-corrected chi connectivity index (χ1v) is 6.64. The van der Waals surface area contributed by atoms with E-state index in [9.17, 15) is 0 Å². The average Bonchev–Trinajstić information content (AvgIpc) is 2.44. The molecule has 1 aliphatic rings. The molecule has 0 nitrogen and oxygen atoms in total. The standard InChI is InChI=1S/C12H13.2BrH.Hf/c1-2-5-10-8-9-11-6-3-4-7-12(10)11;;;/h3-4,6-7,9-10H,2,5H2,1H3;2*1H;/q;;;+2/p-2. The second-order valence-electron chi connectivity index (χ2n) is 3.57. The number of fused-ring (bicyclic) bond motifs is 1. The molecule has 1 aromatic rings. The SMILES string of the molecule is CCCC1[C]([Hf+2])=Cc2ccccc21.[Br-].[Br-]. The number of hydrogen-bond acceptors (Lipinski definition) is 0. The topological polar surface area (TPSA) is 0 Å². The van der Waals surface area contributed by atoms with Crippen molar-refractivity contribution in [3.8, 4) is 0 Å². The maximum atomic E-state index is 2.39. The van der Waals surface area contributed by atoms with E-state index in [2.05, 4.69) is 37.3 Å². The summed E-state index contributed by atoms with van der Waals surface area (Å²) >= 11 is 1.22. The van der Waals surface area contributed by atoms with Crippen molar-refractivity contribution in [1.29, 1.82) is 0 Å². The fraction of sp³-hybridized carbons (Fsp3) is 0.333. The summed E-state index contributed by atoms with van der Waals surface area (Å²) in [6, 6.07) is 8.83. The number of allylic oxidation sites excluding steroid dienone is 1. The minimum Gasteiger partial charge on any atom is -1.00 e. The molecule has 0 radical (unpaired) electrons. The van der Waals surface area contributed by atoms with Gasteiger partial charge in [0, 0.05) is 0 Å². The van der Waals surface area contributed by atoms with E-state index in [1.807, 2.05) is 0 Å². The van der Waals surface area contributed by atoms with E-state index in [0.29, 0.717) is 0 Å². The Labute approximate surface area is 128 Å². The Balaban J connectivity index is 0.000000980. The Morgan fingerprint density at radius 2 is 1.87 bits per heavy atom. The average molecular weight is 496 g/mol.